The Labute approximate surface area is 120 Å². The second-order valence-corrected chi connectivity index (χ2v) is 5.89. The molecule has 2 aromatic carbocycles. The molecule has 1 unspecified atom stereocenters. The molecule has 0 saturated heterocycles. The van der Waals surface area contributed by atoms with Crippen molar-refractivity contribution in [2.45, 2.75) is 25.4 Å². The van der Waals surface area contributed by atoms with E-state index in [1.807, 2.05) is 0 Å². The number of para-hydroxylation sites is 1. The number of hydrogen-bond donors (Lipinski definition) is 1. The van der Waals surface area contributed by atoms with Gasteiger partial charge in [-0.05, 0) is 35.6 Å². The Balaban J connectivity index is 1.53. The third-order valence-electron chi connectivity index (χ3n) is 4.68. The summed E-state index contributed by atoms with van der Waals surface area (Å²) < 4.78 is 0. The molecule has 0 amide bonds. The maximum atomic E-state index is 3.59. The van der Waals surface area contributed by atoms with Crippen LogP contribution >= 0.6 is 0 Å². The van der Waals surface area contributed by atoms with Gasteiger partial charge in [0.15, 0.2) is 0 Å². The maximum absolute atomic E-state index is 3.59. The van der Waals surface area contributed by atoms with Crippen LogP contribution in [-0.2, 0) is 19.4 Å². The molecule has 0 aromatic heterocycles. The van der Waals surface area contributed by atoms with Gasteiger partial charge in [0.1, 0.15) is 0 Å². The van der Waals surface area contributed by atoms with Crippen molar-refractivity contribution in [3.8, 4) is 0 Å². The van der Waals surface area contributed by atoms with E-state index in [4.69, 9.17) is 0 Å². The van der Waals surface area contributed by atoms with Crippen LogP contribution in [0.2, 0.25) is 0 Å². The first-order chi connectivity index (χ1) is 9.90. The molecule has 2 nitrogen and oxygen atoms in total. The molecule has 102 valence electrons. The SMILES string of the molecule is c1ccc2c(c1)CCN(C1CNc3ccccc3C1)C2. The molecule has 2 heteroatoms. The van der Waals surface area contributed by atoms with Gasteiger partial charge in [-0.15, -0.1) is 0 Å². The summed E-state index contributed by atoms with van der Waals surface area (Å²) in [4.78, 5) is 2.64. The fourth-order valence-corrected chi connectivity index (χ4v) is 3.51. The van der Waals surface area contributed by atoms with Gasteiger partial charge < -0.3 is 5.32 Å². The van der Waals surface area contributed by atoms with Gasteiger partial charge in [-0.1, -0.05) is 42.5 Å². The molecule has 0 aliphatic carbocycles. The molecule has 20 heavy (non-hydrogen) atoms. The van der Waals surface area contributed by atoms with E-state index >= 15 is 0 Å². The third-order valence-corrected chi connectivity index (χ3v) is 4.68. The minimum absolute atomic E-state index is 0.623. The van der Waals surface area contributed by atoms with E-state index < -0.39 is 0 Å². The Morgan fingerprint density at radius 3 is 2.55 bits per heavy atom. The van der Waals surface area contributed by atoms with Crippen LogP contribution in [0.1, 0.15) is 16.7 Å². The van der Waals surface area contributed by atoms with E-state index in [2.05, 4.69) is 58.7 Å². The Hall–Kier alpha value is -1.80. The van der Waals surface area contributed by atoms with Crippen LogP contribution in [-0.4, -0.2) is 24.0 Å². The van der Waals surface area contributed by atoms with E-state index in [0.717, 1.165) is 13.1 Å². The van der Waals surface area contributed by atoms with Crippen molar-refractivity contribution < 1.29 is 0 Å². The zero-order valence-electron chi connectivity index (χ0n) is 11.7. The Bertz CT molecular complexity index is 565. The molecule has 2 aliphatic heterocycles. The normalized spacial score (nSPS) is 21.7. The molecule has 2 heterocycles. The van der Waals surface area contributed by atoms with Crippen LogP contribution in [0.5, 0.6) is 0 Å². The van der Waals surface area contributed by atoms with Crippen molar-refractivity contribution in [3.63, 3.8) is 0 Å². The topological polar surface area (TPSA) is 15.3 Å². The van der Waals surface area contributed by atoms with Crippen molar-refractivity contribution in [2.75, 3.05) is 18.4 Å². The fraction of sp³-hybridized carbons (Fsp3) is 0.333. The molecule has 1 atom stereocenters. The van der Waals surface area contributed by atoms with E-state index in [9.17, 15) is 0 Å². The average molecular weight is 264 g/mol. The molecule has 0 radical (unpaired) electrons. The smallest absolute Gasteiger partial charge is 0.0373 e. The third kappa shape index (κ3) is 2.10. The van der Waals surface area contributed by atoms with E-state index in [-0.39, 0.29) is 0 Å². The quantitative estimate of drug-likeness (QED) is 0.851. The lowest BCUT2D eigenvalue weighted by atomic mass is 9.94. The predicted octanol–water partition coefficient (Wildman–Crippen LogP) is 3.08. The second-order valence-electron chi connectivity index (χ2n) is 5.89. The summed E-state index contributed by atoms with van der Waals surface area (Å²) in [7, 11) is 0. The van der Waals surface area contributed by atoms with Gasteiger partial charge in [-0.25, -0.2) is 0 Å². The van der Waals surface area contributed by atoms with Gasteiger partial charge >= 0.3 is 0 Å². The summed E-state index contributed by atoms with van der Waals surface area (Å²) in [5.74, 6) is 0. The number of rotatable bonds is 1. The van der Waals surface area contributed by atoms with Crippen molar-refractivity contribution in [3.05, 3.63) is 65.2 Å². The average Bonchev–Trinajstić information content (AvgIpc) is 2.54. The molecule has 1 N–H and O–H groups in total. The number of hydrogen-bond acceptors (Lipinski definition) is 2. The highest BCUT2D eigenvalue weighted by molar-refractivity contribution is 5.53. The first-order valence-electron chi connectivity index (χ1n) is 7.53. The summed E-state index contributed by atoms with van der Waals surface area (Å²) >= 11 is 0. The zero-order chi connectivity index (χ0) is 13.4. The number of anilines is 1. The highest BCUT2D eigenvalue weighted by Crippen LogP contribution is 2.27. The Morgan fingerprint density at radius 2 is 1.65 bits per heavy atom. The summed E-state index contributed by atoms with van der Waals surface area (Å²) in [5, 5.41) is 3.59. The zero-order valence-corrected chi connectivity index (χ0v) is 11.7. The highest BCUT2D eigenvalue weighted by Gasteiger charge is 2.26. The minimum atomic E-state index is 0.623. The maximum Gasteiger partial charge on any atom is 0.0373 e. The highest BCUT2D eigenvalue weighted by atomic mass is 15.2. The van der Waals surface area contributed by atoms with Crippen LogP contribution < -0.4 is 5.32 Å². The number of benzene rings is 2. The predicted molar refractivity (Wildman–Crippen MR) is 83.0 cm³/mol. The van der Waals surface area contributed by atoms with Crippen molar-refractivity contribution >= 4 is 5.69 Å². The molecule has 0 spiro atoms. The molecule has 2 aliphatic rings. The Kier molecular flexibility index (Phi) is 2.96. The number of fused-ring (bicyclic) bond motifs is 2. The molecular formula is C18H20N2. The fourth-order valence-electron chi connectivity index (χ4n) is 3.51. The first-order valence-corrected chi connectivity index (χ1v) is 7.53. The van der Waals surface area contributed by atoms with Gasteiger partial charge in [0.05, 0.1) is 0 Å². The molecular weight excluding hydrogens is 244 g/mol. The van der Waals surface area contributed by atoms with Crippen molar-refractivity contribution in [1.29, 1.82) is 0 Å². The Morgan fingerprint density at radius 1 is 0.900 bits per heavy atom. The van der Waals surface area contributed by atoms with Crippen LogP contribution in [0.15, 0.2) is 48.5 Å². The van der Waals surface area contributed by atoms with E-state index in [0.29, 0.717) is 6.04 Å². The van der Waals surface area contributed by atoms with Gasteiger partial charge in [0.25, 0.3) is 0 Å². The van der Waals surface area contributed by atoms with Gasteiger partial charge in [0.2, 0.25) is 0 Å². The lowest BCUT2D eigenvalue weighted by molar-refractivity contribution is 0.182. The summed E-state index contributed by atoms with van der Waals surface area (Å²) in [6, 6.07) is 18.2. The first kappa shape index (κ1) is 12.0. The molecule has 4 rings (SSSR count). The van der Waals surface area contributed by atoms with E-state index in [1.54, 1.807) is 0 Å². The molecule has 0 bridgehead atoms. The number of nitrogens with one attached hydrogen (secondary N) is 1. The lowest BCUT2D eigenvalue weighted by Gasteiger charge is -2.38. The standard InChI is InChI=1S/C18H20N2/c1-2-7-16-13-20(10-9-14(16)5-1)17-11-15-6-3-4-8-18(15)19-12-17/h1-8,17,19H,9-13H2. The van der Waals surface area contributed by atoms with Gasteiger partial charge in [0, 0.05) is 31.4 Å². The van der Waals surface area contributed by atoms with Crippen LogP contribution in [0.25, 0.3) is 0 Å². The minimum Gasteiger partial charge on any atom is -0.383 e. The van der Waals surface area contributed by atoms with Gasteiger partial charge in [-0.2, -0.15) is 0 Å². The summed E-state index contributed by atoms with van der Waals surface area (Å²) in [6.45, 7) is 3.36. The summed E-state index contributed by atoms with van der Waals surface area (Å²) in [5.41, 5.74) is 5.83. The lowest BCUT2D eigenvalue weighted by Crippen LogP contribution is -2.46. The van der Waals surface area contributed by atoms with Crippen molar-refractivity contribution in [1.82, 2.24) is 4.90 Å². The van der Waals surface area contributed by atoms with Crippen LogP contribution in [0.4, 0.5) is 5.69 Å². The van der Waals surface area contributed by atoms with Crippen LogP contribution in [0, 0.1) is 0 Å². The second kappa shape index (κ2) is 4.95. The largest absolute Gasteiger partial charge is 0.383 e. The van der Waals surface area contributed by atoms with Crippen LogP contribution in [0.3, 0.4) is 0 Å². The number of nitrogens with zero attached hydrogens (tertiary/aromatic N) is 1. The monoisotopic (exact) mass is 264 g/mol. The van der Waals surface area contributed by atoms with E-state index in [1.165, 1.54) is 41.8 Å². The molecule has 0 fully saturated rings. The van der Waals surface area contributed by atoms with Gasteiger partial charge in [-0.3, -0.25) is 4.90 Å². The van der Waals surface area contributed by atoms with Crippen molar-refractivity contribution in [2.24, 2.45) is 0 Å². The molecule has 0 saturated carbocycles. The summed E-state index contributed by atoms with van der Waals surface area (Å²) in [6.07, 6.45) is 2.36. The molecule has 2 aromatic rings.